The van der Waals surface area contributed by atoms with Crippen LogP contribution in [0.2, 0.25) is 0 Å². The molecule has 0 aromatic rings. The average molecular weight is 147 g/mol. The van der Waals surface area contributed by atoms with E-state index in [2.05, 4.69) is 5.43 Å². The van der Waals surface area contributed by atoms with Crippen molar-refractivity contribution in [2.75, 3.05) is 0 Å². The lowest BCUT2D eigenvalue weighted by molar-refractivity contribution is 0.147. The summed E-state index contributed by atoms with van der Waals surface area (Å²) >= 11 is 5.63. The van der Waals surface area contributed by atoms with Crippen LogP contribution < -0.4 is 11.3 Å². The van der Waals surface area contributed by atoms with Gasteiger partial charge in [0.05, 0.1) is 11.3 Å². The Balaban J connectivity index is 2.59. The lowest BCUT2D eigenvalue weighted by Crippen LogP contribution is -2.37. The zero-order valence-electron chi connectivity index (χ0n) is 4.67. The highest BCUT2D eigenvalue weighted by Crippen LogP contribution is 2.12. The lowest BCUT2D eigenvalue weighted by atomic mass is 10.4. The maximum absolute atomic E-state index is 5.63. The van der Waals surface area contributed by atoms with Gasteiger partial charge in [0.25, 0.3) is 0 Å². The molecule has 0 aliphatic carbocycles. The first-order valence-electron chi connectivity index (χ1n) is 2.48. The van der Waals surface area contributed by atoms with Crippen molar-refractivity contribution in [3.05, 3.63) is 23.4 Å². The van der Waals surface area contributed by atoms with Crippen LogP contribution in [0.25, 0.3) is 0 Å². The summed E-state index contributed by atoms with van der Waals surface area (Å²) in [6.45, 7) is 0. The highest BCUT2D eigenvalue weighted by atomic mass is 35.5. The second-order valence-corrected chi connectivity index (χ2v) is 2.00. The molecule has 4 heteroatoms. The zero-order valence-corrected chi connectivity index (χ0v) is 5.43. The van der Waals surface area contributed by atoms with E-state index in [1.165, 1.54) is 6.26 Å². The Morgan fingerprint density at radius 3 is 3.00 bits per heavy atom. The summed E-state index contributed by atoms with van der Waals surface area (Å²) in [7, 11) is 0. The van der Waals surface area contributed by atoms with Crippen LogP contribution >= 0.6 is 11.6 Å². The van der Waals surface area contributed by atoms with Gasteiger partial charge in [0.2, 0.25) is 0 Å². The van der Waals surface area contributed by atoms with E-state index in [4.69, 9.17) is 22.2 Å². The Labute approximate surface area is 58.1 Å². The van der Waals surface area contributed by atoms with Crippen molar-refractivity contribution in [2.24, 2.45) is 5.84 Å². The number of allylic oxidation sites excluding steroid dienone is 2. The van der Waals surface area contributed by atoms with E-state index in [1.54, 1.807) is 12.2 Å². The van der Waals surface area contributed by atoms with Crippen molar-refractivity contribution >= 4 is 11.6 Å². The molecule has 9 heavy (non-hydrogen) atoms. The molecule has 3 N–H and O–H groups in total. The molecule has 0 fully saturated rings. The Morgan fingerprint density at radius 1 is 1.78 bits per heavy atom. The molecular formula is C5H7ClN2O. The molecule has 0 aromatic heterocycles. The van der Waals surface area contributed by atoms with Gasteiger partial charge in [0.15, 0.2) is 6.23 Å². The van der Waals surface area contributed by atoms with E-state index >= 15 is 0 Å². The Morgan fingerprint density at radius 2 is 2.56 bits per heavy atom. The number of ether oxygens (including phenoxy) is 1. The van der Waals surface area contributed by atoms with Gasteiger partial charge >= 0.3 is 0 Å². The molecule has 3 nitrogen and oxygen atoms in total. The van der Waals surface area contributed by atoms with E-state index in [9.17, 15) is 0 Å². The van der Waals surface area contributed by atoms with Gasteiger partial charge < -0.3 is 4.74 Å². The predicted molar refractivity (Wildman–Crippen MR) is 35.3 cm³/mol. The second-order valence-electron chi connectivity index (χ2n) is 1.56. The van der Waals surface area contributed by atoms with Gasteiger partial charge in [-0.1, -0.05) is 11.6 Å². The van der Waals surface area contributed by atoms with E-state index in [0.29, 0.717) is 5.03 Å². The van der Waals surface area contributed by atoms with Crippen molar-refractivity contribution in [3.8, 4) is 0 Å². The summed E-state index contributed by atoms with van der Waals surface area (Å²) in [4.78, 5) is 0. The Hall–Kier alpha value is -0.510. The van der Waals surface area contributed by atoms with E-state index in [1.807, 2.05) is 0 Å². The molecule has 0 saturated heterocycles. The number of rotatable bonds is 1. The number of halogens is 1. The monoisotopic (exact) mass is 146 g/mol. The molecule has 0 bridgehead atoms. The maximum Gasteiger partial charge on any atom is 0.198 e. The van der Waals surface area contributed by atoms with Gasteiger partial charge in [-0.2, -0.15) is 0 Å². The molecule has 0 spiro atoms. The number of hydrogen-bond donors (Lipinski definition) is 2. The minimum Gasteiger partial charge on any atom is -0.477 e. The lowest BCUT2D eigenvalue weighted by Gasteiger charge is -2.16. The minimum atomic E-state index is -0.378. The first-order valence-corrected chi connectivity index (χ1v) is 2.86. The van der Waals surface area contributed by atoms with E-state index < -0.39 is 0 Å². The van der Waals surface area contributed by atoms with Crippen LogP contribution in [-0.4, -0.2) is 6.23 Å². The predicted octanol–water partition coefficient (Wildman–Crippen LogP) is 0.442. The van der Waals surface area contributed by atoms with Gasteiger partial charge in [-0.3, -0.25) is 5.84 Å². The fourth-order valence-electron chi connectivity index (χ4n) is 0.526. The summed E-state index contributed by atoms with van der Waals surface area (Å²) in [5, 5.41) is 0.556. The van der Waals surface area contributed by atoms with Crippen molar-refractivity contribution in [1.29, 1.82) is 0 Å². The Bertz CT molecular complexity index is 155. The summed E-state index contributed by atoms with van der Waals surface area (Å²) in [6, 6.07) is 0. The molecule has 1 rings (SSSR count). The Kier molecular flexibility index (Phi) is 2.10. The second kappa shape index (κ2) is 2.87. The third kappa shape index (κ3) is 1.45. The molecule has 1 heterocycles. The molecular weight excluding hydrogens is 140 g/mol. The third-order valence-corrected chi connectivity index (χ3v) is 1.27. The first kappa shape index (κ1) is 6.61. The fourth-order valence-corrected chi connectivity index (χ4v) is 0.714. The summed E-state index contributed by atoms with van der Waals surface area (Å²) < 4.78 is 4.92. The third-order valence-electron chi connectivity index (χ3n) is 0.951. The van der Waals surface area contributed by atoms with Gasteiger partial charge in [0.1, 0.15) is 0 Å². The van der Waals surface area contributed by atoms with Gasteiger partial charge in [0, 0.05) is 0 Å². The van der Waals surface area contributed by atoms with Crippen LogP contribution in [-0.2, 0) is 4.74 Å². The SMILES string of the molecule is NNC1OC=CC=C1Cl. The highest BCUT2D eigenvalue weighted by molar-refractivity contribution is 6.30. The molecule has 0 aromatic carbocycles. The fraction of sp³-hybridized carbons (Fsp3) is 0.200. The van der Waals surface area contributed by atoms with Crippen molar-refractivity contribution < 1.29 is 4.74 Å². The number of hydrogen-bond acceptors (Lipinski definition) is 3. The summed E-state index contributed by atoms with van der Waals surface area (Å²) in [5.74, 6) is 5.06. The van der Waals surface area contributed by atoms with Crippen LogP contribution in [0, 0.1) is 0 Å². The number of hydrazine groups is 1. The minimum absolute atomic E-state index is 0.378. The number of nitrogens with two attached hydrogens (primary N) is 1. The zero-order chi connectivity index (χ0) is 6.69. The molecule has 1 aliphatic heterocycles. The number of nitrogens with one attached hydrogen (secondary N) is 1. The smallest absolute Gasteiger partial charge is 0.198 e. The molecule has 1 aliphatic rings. The average Bonchev–Trinajstić information content (AvgIpc) is 1.89. The van der Waals surface area contributed by atoms with E-state index in [0.717, 1.165) is 0 Å². The van der Waals surface area contributed by atoms with Crippen LogP contribution in [0.3, 0.4) is 0 Å². The van der Waals surface area contributed by atoms with Crippen molar-refractivity contribution in [3.63, 3.8) is 0 Å². The normalized spacial score (nSPS) is 25.1. The van der Waals surface area contributed by atoms with Crippen LogP contribution in [0.4, 0.5) is 0 Å². The first-order chi connectivity index (χ1) is 4.34. The van der Waals surface area contributed by atoms with Gasteiger partial charge in [-0.15, -0.1) is 0 Å². The largest absolute Gasteiger partial charge is 0.477 e. The van der Waals surface area contributed by atoms with Crippen LogP contribution in [0.5, 0.6) is 0 Å². The van der Waals surface area contributed by atoms with Crippen LogP contribution in [0.1, 0.15) is 0 Å². The van der Waals surface area contributed by atoms with Crippen molar-refractivity contribution in [1.82, 2.24) is 5.43 Å². The highest BCUT2D eigenvalue weighted by Gasteiger charge is 2.10. The van der Waals surface area contributed by atoms with E-state index in [-0.39, 0.29) is 6.23 Å². The topological polar surface area (TPSA) is 47.3 Å². The molecule has 50 valence electrons. The summed E-state index contributed by atoms with van der Waals surface area (Å²) in [5.41, 5.74) is 2.38. The van der Waals surface area contributed by atoms with Crippen molar-refractivity contribution in [2.45, 2.75) is 6.23 Å². The van der Waals surface area contributed by atoms with Gasteiger partial charge in [-0.25, -0.2) is 5.43 Å². The van der Waals surface area contributed by atoms with Gasteiger partial charge in [-0.05, 0) is 12.2 Å². The maximum atomic E-state index is 5.63. The van der Waals surface area contributed by atoms with Crippen LogP contribution in [0.15, 0.2) is 23.4 Å². The molecule has 1 unspecified atom stereocenters. The molecule has 0 radical (unpaired) electrons. The quantitative estimate of drug-likeness (QED) is 0.417. The standard InChI is InChI=1S/C5H7ClN2O/c6-4-2-1-3-9-5(4)8-7/h1-3,5,8H,7H2. The molecule has 0 amide bonds. The molecule has 1 atom stereocenters. The summed E-state index contributed by atoms with van der Waals surface area (Å²) in [6.07, 6.45) is 4.57. The molecule has 0 saturated carbocycles.